The van der Waals surface area contributed by atoms with E-state index in [0.717, 1.165) is 37.2 Å². The lowest BCUT2D eigenvalue weighted by atomic mass is 9.60. The number of aliphatic carboxylic acids is 1. The molecule has 10 nitrogen and oxygen atoms in total. The van der Waals surface area contributed by atoms with Crippen molar-refractivity contribution in [1.82, 2.24) is 24.8 Å². The number of nitrogens with zero attached hydrogens (tertiary/aromatic N) is 5. The van der Waals surface area contributed by atoms with Gasteiger partial charge >= 0.3 is 5.97 Å². The van der Waals surface area contributed by atoms with Crippen LogP contribution in [0.5, 0.6) is 0 Å². The molecule has 3 aliphatic rings. The molecule has 0 bridgehead atoms. The molecule has 2 amide bonds. The fraction of sp³-hybridized carbons (Fsp3) is 0.560. The maximum absolute atomic E-state index is 12.8. The fourth-order valence-corrected chi connectivity index (χ4v) is 5.63. The summed E-state index contributed by atoms with van der Waals surface area (Å²) in [6.45, 7) is 11.1. The highest BCUT2D eigenvalue weighted by Gasteiger charge is 2.53. The maximum atomic E-state index is 12.8. The van der Waals surface area contributed by atoms with Crippen LogP contribution in [-0.4, -0.2) is 74.6 Å². The quantitative estimate of drug-likeness (QED) is 0.582. The van der Waals surface area contributed by atoms with Crippen LogP contribution in [0.25, 0.3) is 5.65 Å². The first kappa shape index (κ1) is 23.3. The molecular weight excluding hydrogens is 448 g/mol. The Bertz CT molecular complexity index is 1210. The van der Waals surface area contributed by atoms with Gasteiger partial charge in [-0.15, -0.1) is 5.10 Å². The molecule has 0 radical (unpaired) electrons. The zero-order valence-corrected chi connectivity index (χ0v) is 20.3. The number of carbonyl (C=O) groups excluding carboxylic acids is 2. The molecule has 1 atom stereocenters. The molecule has 1 unspecified atom stereocenters. The lowest BCUT2D eigenvalue weighted by Crippen LogP contribution is -2.67. The average Bonchev–Trinajstić information content (AvgIpc) is 3.38. The number of carboxylic acids is 1. The van der Waals surface area contributed by atoms with Crippen molar-refractivity contribution in [1.29, 1.82) is 0 Å². The van der Waals surface area contributed by atoms with Crippen LogP contribution in [0.3, 0.4) is 0 Å². The van der Waals surface area contributed by atoms with Crippen LogP contribution in [0.2, 0.25) is 0 Å². The first-order chi connectivity index (χ1) is 16.6. The van der Waals surface area contributed by atoms with Crippen LogP contribution in [0, 0.1) is 18.3 Å². The number of hydrogen-bond donors (Lipinski definition) is 2. The number of aromatic nitrogens is 3. The predicted octanol–water partition coefficient (Wildman–Crippen LogP) is 2.03. The molecule has 1 saturated carbocycles. The van der Waals surface area contributed by atoms with Crippen LogP contribution in [0.4, 0.5) is 5.69 Å². The summed E-state index contributed by atoms with van der Waals surface area (Å²) in [6, 6.07) is 2.15. The van der Waals surface area contributed by atoms with Crippen molar-refractivity contribution in [2.45, 2.75) is 52.0 Å². The highest BCUT2D eigenvalue weighted by Crippen LogP contribution is 2.48. The Morgan fingerprint density at radius 2 is 2.00 bits per heavy atom. The fourth-order valence-electron chi connectivity index (χ4n) is 5.63. The van der Waals surface area contributed by atoms with E-state index in [1.54, 1.807) is 9.42 Å². The van der Waals surface area contributed by atoms with Gasteiger partial charge in [0.2, 0.25) is 11.7 Å². The zero-order chi connectivity index (χ0) is 24.9. The van der Waals surface area contributed by atoms with Crippen molar-refractivity contribution < 1.29 is 19.5 Å². The minimum absolute atomic E-state index is 0.0425. The Morgan fingerprint density at radius 3 is 2.66 bits per heavy atom. The number of carboxylic acid groups (broad SMARTS) is 1. The van der Waals surface area contributed by atoms with Gasteiger partial charge in [-0.05, 0) is 50.2 Å². The highest BCUT2D eigenvalue weighted by atomic mass is 16.4. The van der Waals surface area contributed by atoms with E-state index >= 15 is 0 Å². The Morgan fingerprint density at radius 1 is 1.26 bits per heavy atom. The van der Waals surface area contributed by atoms with E-state index < -0.39 is 5.97 Å². The number of fused-ring (bicyclic) bond motifs is 1. The molecule has 2 aliphatic heterocycles. The normalized spacial score (nSPS) is 21.1. The van der Waals surface area contributed by atoms with Gasteiger partial charge in [-0.1, -0.05) is 13.5 Å². The number of pyridine rings is 1. The van der Waals surface area contributed by atoms with E-state index in [4.69, 9.17) is 5.11 Å². The molecule has 2 aromatic heterocycles. The van der Waals surface area contributed by atoms with Crippen molar-refractivity contribution in [3.05, 3.63) is 35.8 Å². The van der Waals surface area contributed by atoms with Crippen molar-refractivity contribution in [2.24, 2.45) is 11.3 Å². The number of nitrogens with one attached hydrogen (secondary N) is 1. The van der Waals surface area contributed by atoms with Crippen molar-refractivity contribution in [2.75, 3.05) is 31.1 Å². The van der Waals surface area contributed by atoms with Gasteiger partial charge in [0.25, 0.3) is 5.91 Å². The molecule has 0 aromatic carbocycles. The van der Waals surface area contributed by atoms with Gasteiger partial charge in [-0.3, -0.25) is 9.59 Å². The lowest BCUT2D eigenvalue weighted by molar-refractivity contribution is -0.151. The molecule has 4 heterocycles. The molecule has 2 N–H and O–H groups in total. The van der Waals surface area contributed by atoms with Crippen LogP contribution < -0.4 is 10.2 Å². The first-order valence-electron chi connectivity index (χ1n) is 12.2. The summed E-state index contributed by atoms with van der Waals surface area (Å²) < 4.78 is 1.71. The smallest absolute Gasteiger partial charge is 0.330 e. The molecule has 10 heteroatoms. The molecular formula is C25H32N6O4. The van der Waals surface area contributed by atoms with E-state index in [1.807, 2.05) is 13.1 Å². The second kappa shape index (κ2) is 8.66. The lowest BCUT2D eigenvalue weighted by Gasteiger charge is -2.59. The van der Waals surface area contributed by atoms with E-state index in [0.29, 0.717) is 24.7 Å². The molecule has 186 valence electrons. The van der Waals surface area contributed by atoms with Gasteiger partial charge in [0.15, 0.2) is 5.65 Å². The Labute approximate surface area is 204 Å². The summed E-state index contributed by atoms with van der Waals surface area (Å²) in [7, 11) is 0. The van der Waals surface area contributed by atoms with Gasteiger partial charge in [0.05, 0.1) is 11.9 Å². The predicted molar refractivity (Wildman–Crippen MR) is 129 cm³/mol. The summed E-state index contributed by atoms with van der Waals surface area (Å²) in [6.07, 6.45) is 5.09. The SMILES string of the molecule is C=C(CCC(=O)N1CC2(CC(NC(=O)c3nc4c(C)cc(N5CCC(C)C5)cn4n3)C2)C1)C(=O)O. The van der Waals surface area contributed by atoms with Crippen LogP contribution >= 0.6 is 0 Å². The van der Waals surface area contributed by atoms with Crippen LogP contribution in [-0.2, 0) is 9.59 Å². The number of carbonyl (C=O) groups is 3. The number of anilines is 1. The Hall–Kier alpha value is -3.43. The molecule has 1 aliphatic carbocycles. The highest BCUT2D eigenvalue weighted by molar-refractivity contribution is 5.91. The standard InChI is InChI=1S/C25H32N6O4/c1-15-6-7-29(11-15)19-8-17(3)22-27-21(28-31(22)12-19)23(33)26-18-9-25(10-18)13-30(14-25)20(32)5-4-16(2)24(34)35/h8,12,15,18H,2,4-7,9-11,13-14H2,1,3H3,(H,26,33)(H,34,35). The van der Waals surface area contributed by atoms with Gasteiger partial charge in [0.1, 0.15) is 0 Å². The number of rotatable bonds is 7. The van der Waals surface area contributed by atoms with Crippen molar-refractivity contribution in [3.63, 3.8) is 0 Å². The molecule has 2 saturated heterocycles. The summed E-state index contributed by atoms with van der Waals surface area (Å²) >= 11 is 0. The van der Waals surface area contributed by atoms with Gasteiger partial charge < -0.3 is 20.2 Å². The third-order valence-electron chi connectivity index (χ3n) is 7.64. The number of hydrogen-bond acceptors (Lipinski definition) is 6. The van der Waals surface area contributed by atoms with E-state index in [1.165, 1.54) is 6.42 Å². The summed E-state index contributed by atoms with van der Waals surface area (Å²) in [5.41, 5.74) is 2.89. The number of aryl methyl sites for hydroxylation is 1. The summed E-state index contributed by atoms with van der Waals surface area (Å²) in [5.74, 6) is -0.537. The summed E-state index contributed by atoms with van der Waals surface area (Å²) in [5, 5.41) is 16.4. The van der Waals surface area contributed by atoms with E-state index in [-0.39, 0.29) is 47.5 Å². The molecule has 2 aromatic rings. The topological polar surface area (TPSA) is 120 Å². The maximum Gasteiger partial charge on any atom is 0.330 e. The van der Waals surface area contributed by atoms with Crippen molar-refractivity contribution in [3.8, 4) is 0 Å². The Kier molecular flexibility index (Phi) is 5.77. The van der Waals surface area contributed by atoms with Crippen LogP contribution in [0.15, 0.2) is 24.4 Å². The number of amides is 2. The van der Waals surface area contributed by atoms with Gasteiger partial charge in [-0.25, -0.2) is 14.3 Å². The van der Waals surface area contributed by atoms with Crippen molar-refractivity contribution >= 4 is 29.1 Å². The molecule has 35 heavy (non-hydrogen) atoms. The zero-order valence-electron chi connectivity index (χ0n) is 20.3. The van der Waals surface area contributed by atoms with E-state index in [9.17, 15) is 14.4 Å². The number of likely N-dealkylation sites (tertiary alicyclic amines) is 1. The first-order valence-corrected chi connectivity index (χ1v) is 12.2. The third-order valence-corrected chi connectivity index (χ3v) is 7.64. The van der Waals surface area contributed by atoms with Gasteiger partial charge in [0, 0.05) is 49.6 Å². The molecule has 3 fully saturated rings. The Balaban J connectivity index is 1.13. The minimum Gasteiger partial charge on any atom is -0.478 e. The average molecular weight is 481 g/mol. The monoisotopic (exact) mass is 480 g/mol. The third kappa shape index (κ3) is 4.49. The molecule has 5 rings (SSSR count). The van der Waals surface area contributed by atoms with E-state index in [2.05, 4.69) is 39.9 Å². The largest absolute Gasteiger partial charge is 0.478 e. The summed E-state index contributed by atoms with van der Waals surface area (Å²) in [4.78, 5) is 44.5. The second-order valence-corrected chi connectivity index (χ2v) is 10.7. The van der Waals surface area contributed by atoms with Gasteiger partial charge in [-0.2, -0.15) is 0 Å². The molecule has 1 spiro atoms. The second-order valence-electron chi connectivity index (χ2n) is 10.7. The minimum atomic E-state index is -1.06. The van der Waals surface area contributed by atoms with Crippen LogP contribution in [0.1, 0.15) is 55.2 Å².